The van der Waals surface area contributed by atoms with Gasteiger partial charge in [-0.15, -0.1) is 0 Å². The van der Waals surface area contributed by atoms with Gasteiger partial charge in [0.15, 0.2) is 5.12 Å². The van der Waals surface area contributed by atoms with Crippen molar-refractivity contribution in [2.45, 2.75) is 25.1 Å². The number of halogens is 2. The Kier molecular flexibility index (Phi) is 4.47. The lowest BCUT2D eigenvalue weighted by atomic mass is 10.2. The molecule has 1 atom stereocenters. The lowest BCUT2D eigenvalue weighted by molar-refractivity contribution is -0.128. The summed E-state index contributed by atoms with van der Waals surface area (Å²) in [5.74, 6) is -0.403. The normalized spacial score (nSPS) is 19.0. The molecule has 0 saturated carbocycles. The molecule has 2 rings (SSSR count). The molecule has 1 amide bonds. The van der Waals surface area contributed by atoms with Gasteiger partial charge in [-0.2, -0.15) is 0 Å². The zero-order valence-corrected chi connectivity index (χ0v) is 11.9. The number of carbonyl (C=O) groups is 2. The van der Waals surface area contributed by atoms with Crippen molar-refractivity contribution < 1.29 is 14.0 Å². The Hall–Kier alpha value is -1.07. The molecule has 19 heavy (non-hydrogen) atoms. The summed E-state index contributed by atoms with van der Waals surface area (Å²) in [6.07, 6.45) is 0.344. The second kappa shape index (κ2) is 5.92. The molecule has 0 N–H and O–H groups in total. The summed E-state index contributed by atoms with van der Waals surface area (Å²) in [5, 5.41) is 0.428. The van der Waals surface area contributed by atoms with Gasteiger partial charge < -0.3 is 4.90 Å². The molecule has 0 aliphatic carbocycles. The highest BCUT2D eigenvalue weighted by Crippen LogP contribution is 2.27. The standard InChI is InChI=1S/C13H13ClFNO2S/c1-8(17)19-11-5-13(18)16(7-11)6-9-4-10(15)2-3-12(9)14/h2-4,11H,5-7H2,1H3. The van der Waals surface area contributed by atoms with Crippen LogP contribution in [0.2, 0.25) is 5.02 Å². The lowest BCUT2D eigenvalue weighted by Gasteiger charge is -2.17. The molecule has 1 saturated heterocycles. The molecule has 6 heteroatoms. The number of nitrogens with zero attached hydrogens (tertiary/aromatic N) is 1. The summed E-state index contributed by atoms with van der Waals surface area (Å²) < 4.78 is 13.2. The quantitative estimate of drug-likeness (QED) is 0.861. The van der Waals surface area contributed by atoms with Gasteiger partial charge in [-0.05, 0) is 23.8 Å². The molecular weight excluding hydrogens is 289 g/mol. The van der Waals surface area contributed by atoms with E-state index in [1.54, 1.807) is 4.90 Å². The van der Waals surface area contributed by atoms with Crippen molar-refractivity contribution in [2.75, 3.05) is 6.54 Å². The van der Waals surface area contributed by atoms with Crippen LogP contribution >= 0.6 is 23.4 Å². The van der Waals surface area contributed by atoms with Crippen molar-refractivity contribution in [3.8, 4) is 0 Å². The molecule has 1 aromatic carbocycles. The predicted octanol–water partition coefficient (Wildman–Crippen LogP) is 2.86. The first-order chi connectivity index (χ1) is 8.95. The van der Waals surface area contributed by atoms with E-state index in [1.807, 2.05) is 0 Å². The van der Waals surface area contributed by atoms with Crippen LogP contribution in [-0.4, -0.2) is 27.7 Å². The van der Waals surface area contributed by atoms with Gasteiger partial charge >= 0.3 is 0 Å². The average Bonchev–Trinajstić information content (AvgIpc) is 2.63. The predicted molar refractivity (Wildman–Crippen MR) is 73.5 cm³/mol. The highest BCUT2D eigenvalue weighted by Gasteiger charge is 2.31. The highest BCUT2D eigenvalue weighted by molar-refractivity contribution is 8.14. The van der Waals surface area contributed by atoms with E-state index in [0.29, 0.717) is 23.6 Å². The van der Waals surface area contributed by atoms with Gasteiger partial charge in [-0.3, -0.25) is 9.59 Å². The third-order valence-corrected chi connectivity index (χ3v) is 4.23. The van der Waals surface area contributed by atoms with Crippen molar-refractivity contribution in [3.63, 3.8) is 0 Å². The summed E-state index contributed by atoms with van der Waals surface area (Å²) in [6, 6.07) is 4.10. The summed E-state index contributed by atoms with van der Waals surface area (Å²) >= 11 is 7.16. The first-order valence-corrected chi connectivity index (χ1v) is 7.10. The molecule has 0 bridgehead atoms. The SMILES string of the molecule is CC(=O)SC1CC(=O)N(Cc2cc(F)ccc2Cl)C1. The van der Waals surface area contributed by atoms with Crippen LogP contribution in [0.3, 0.4) is 0 Å². The van der Waals surface area contributed by atoms with Crippen molar-refractivity contribution in [1.29, 1.82) is 0 Å². The fourth-order valence-electron chi connectivity index (χ4n) is 2.07. The Morgan fingerprint density at radius 3 is 3.00 bits per heavy atom. The fourth-order valence-corrected chi connectivity index (χ4v) is 3.20. The maximum atomic E-state index is 13.2. The second-order valence-electron chi connectivity index (χ2n) is 4.45. The van der Waals surface area contributed by atoms with Gasteiger partial charge in [0.2, 0.25) is 5.91 Å². The zero-order valence-electron chi connectivity index (χ0n) is 10.4. The van der Waals surface area contributed by atoms with Gasteiger partial charge in [0.05, 0.1) is 0 Å². The van der Waals surface area contributed by atoms with E-state index < -0.39 is 0 Å². The Labute approximate surface area is 120 Å². The Bertz CT molecular complexity index is 523. The van der Waals surface area contributed by atoms with E-state index >= 15 is 0 Å². The van der Waals surface area contributed by atoms with Crippen LogP contribution < -0.4 is 0 Å². The molecule has 0 aromatic heterocycles. The van der Waals surface area contributed by atoms with E-state index in [2.05, 4.69) is 0 Å². The van der Waals surface area contributed by atoms with E-state index in [0.717, 1.165) is 0 Å². The van der Waals surface area contributed by atoms with Crippen LogP contribution in [-0.2, 0) is 16.1 Å². The van der Waals surface area contributed by atoms with Crippen molar-refractivity contribution in [1.82, 2.24) is 4.90 Å². The van der Waals surface area contributed by atoms with E-state index in [1.165, 1.54) is 36.9 Å². The first kappa shape index (κ1) is 14.3. The van der Waals surface area contributed by atoms with E-state index in [4.69, 9.17) is 11.6 Å². The summed E-state index contributed by atoms with van der Waals surface area (Å²) in [5.41, 5.74) is 0.587. The van der Waals surface area contributed by atoms with E-state index in [9.17, 15) is 14.0 Å². The Morgan fingerprint density at radius 2 is 2.32 bits per heavy atom. The van der Waals surface area contributed by atoms with Gasteiger partial charge in [0.1, 0.15) is 5.82 Å². The maximum absolute atomic E-state index is 13.2. The summed E-state index contributed by atoms with van der Waals surface area (Å²) in [7, 11) is 0. The average molecular weight is 302 g/mol. The number of thioether (sulfide) groups is 1. The molecule has 3 nitrogen and oxygen atoms in total. The number of carbonyl (C=O) groups excluding carboxylic acids is 2. The molecule has 102 valence electrons. The summed E-state index contributed by atoms with van der Waals surface area (Å²) in [6.45, 7) is 2.27. The Morgan fingerprint density at radius 1 is 1.58 bits per heavy atom. The fraction of sp³-hybridized carbons (Fsp3) is 0.385. The Balaban J connectivity index is 2.05. The monoisotopic (exact) mass is 301 g/mol. The third kappa shape index (κ3) is 3.70. The maximum Gasteiger partial charge on any atom is 0.224 e. The molecular formula is C13H13ClFNO2S. The minimum absolute atomic E-state index is 0.00318. The van der Waals surface area contributed by atoms with Crippen LogP contribution in [0.1, 0.15) is 18.9 Å². The molecule has 1 aromatic rings. The zero-order chi connectivity index (χ0) is 14.0. The molecule has 1 aliphatic heterocycles. The number of benzene rings is 1. The molecule has 1 unspecified atom stereocenters. The number of hydrogen-bond acceptors (Lipinski definition) is 3. The molecule has 0 spiro atoms. The van der Waals surface area contributed by atoms with Crippen LogP contribution in [0, 0.1) is 5.82 Å². The van der Waals surface area contributed by atoms with E-state index in [-0.39, 0.29) is 28.6 Å². The molecule has 1 heterocycles. The topological polar surface area (TPSA) is 37.4 Å². The van der Waals surface area contributed by atoms with Gasteiger partial charge in [0.25, 0.3) is 0 Å². The smallest absolute Gasteiger partial charge is 0.224 e. The van der Waals surface area contributed by atoms with Gasteiger partial charge in [-0.1, -0.05) is 23.4 Å². The largest absolute Gasteiger partial charge is 0.337 e. The number of amides is 1. The first-order valence-electron chi connectivity index (χ1n) is 5.84. The van der Waals surface area contributed by atoms with Crippen LogP contribution in [0.5, 0.6) is 0 Å². The number of hydrogen-bond donors (Lipinski definition) is 0. The lowest BCUT2D eigenvalue weighted by Crippen LogP contribution is -2.25. The minimum Gasteiger partial charge on any atom is -0.337 e. The number of likely N-dealkylation sites (tertiary alicyclic amines) is 1. The van der Waals surface area contributed by atoms with Gasteiger partial charge in [0, 0.05) is 36.7 Å². The minimum atomic E-state index is -0.374. The second-order valence-corrected chi connectivity index (χ2v) is 6.33. The molecule has 0 radical (unpaired) electrons. The molecule has 1 fully saturated rings. The van der Waals surface area contributed by atoms with Crippen LogP contribution in [0.15, 0.2) is 18.2 Å². The number of rotatable bonds is 3. The van der Waals surface area contributed by atoms with Crippen molar-refractivity contribution >= 4 is 34.4 Å². The van der Waals surface area contributed by atoms with Crippen LogP contribution in [0.4, 0.5) is 4.39 Å². The third-order valence-electron chi connectivity index (χ3n) is 2.88. The van der Waals surface area contributed by atoms with Crippen LogP contribution in [0.25, 0.3) is 0 Å². The summed E-state index contributed by atoms with van der Waals surface area (Å²) in [4.78, 5) is 24.5. The molecule has 1 aliphatic rings. The van der Waals surface area contributed by atoms with Crippen molar-refractivity contribution in [3.05, 3.63) is 34.6 Å². The highest BCUT2D eigenvalue weighted by atomic mass is 35.5. The van der Waals surface area contributed by atoms with Gasteiger partial charge in [-0.25, -0.2) is 4.39 Å². The van der Waals surface area contributed by atoms with Crippen molar-refractivity contribution in [2.24, 2.45) is 0 Å².